The Morgan fingerprint density at radius 2 is 2.19 bits per heavy atom. The normalized spacial score (nSPS) is 24.9. The van der Waals surface area contributed by atoms with Crippen molar-refractivity contribution >= 4 is 6.09 Å². The van der Waals surface area contributed by atoms with Crippen LogP contribution in [0.2, 0.25) is 0 Å². The maximum absolute atomic E-state index is 11.4. The molecule has 0 saturated heterocycles. The van der Waals surface area contributed by atoms with Crippen LogP contribution in [0.1, 0.15) is 40.0 Å². The van der Waals surface area contributed by atoms with Gasteiger partial charge < -0.3 is 14.9 Å². The Labute approximate surface area is 97.2 Å². The molecule has 2 atom stereocenters. The van der Waals surface area contributed by atoms with E-state index < -0.39 is 5.60 Å². The molecule has 1 saturated carbocycles. The van der Waals surface area contributed by atoms with E-state index in [1.807, 2.05) is 20.8 Å². The van der Waals surface area contributed by atoms with E-state index in [1.54, 1.807) is 0 Å². The molecule has 1 amide bonds. The number of alkyl carbamates (subject to hydrolysis) is 1. The number of carbonyl (C=O) groups excluding carboxylic acids is 1. The zero-order valence-corrected chi connectivity index (χ0v) is 10.2. The topological polar surface area (TPSA) is 42.7 Å². The highest BCUT2D eigenvalue weighted by atomic mass is 16.6. The molecule has 1 aliphatic carbocycles. The summed E-state index contributed by atoms with van der Waals surface area (Å²) in [6, 6.07) is 0.0786. The number of nitrogens with zero attached hydrogens (tertiary/aromatic N) is 1. The highest BCUT2D eigenvalue weighted by molar-refractivity contribution is 5.67. The number of hydrogen-bond acceptors (Lipinski definition) is 2. The van der Waals surface area contributed by atoms with E-state index in [4.69, 9.17) is 11.3 Å². The predicted molar refractivity (Wildman–Crippen MR) is 62.0 cm³/mol. The van der Waals surface area contributed by atoms with Gasteiger partial charge in [-0.05, 0) is 33.6 Å². The lowest BCUT2D eigenvalue weighted by atomic mass is 10.1. The maximum atomic E-state index is 11.4. The first-order chi connectivity index (χ1) is 7.42. The van der Waals surface area contributed by atoms with Crippen LogP contribution in [-0.2, 0) is 4.74 Å². The minimum Gasteiger partial charge on any atom is -0.444 e. The van der Waals surface area contributed by atoms with Crippen LogP contribution in [0.15, 0.2) is 0 Å². The Morgan fingerprint density at radius 3 is 2.75 bits per heavy atom. The Balaban J connectivity index is 2.30. The molecule has 0 bridgehead atoms. The van der Waals surface area contributed by atoms with Gasteiger partial charge in [0.1, 0.15) is 5.60 Å². The average Bonchev–Trinajstić information content (AvgIpc) is 2.59. The van der Waals surface area contributed by atoms with Gasteiger partial charge in [0.05, 0.1) is 5.92 Å². The molecule has 0 heterocycles. The van der Waals surface area contributed by atoms with Crippen LogP contribution in [0.25, 0.3) is 4.85 Å². The second-order valence-electron chi connectivity index (χ2n) is 5.27. The van der Waals surface area contributed by atoms with Crippen molar-refractivity contribution in [1.82, 2.24) is 5.32 Å². The van der Waals surface area contributed by atoms with Crippen LogP contribution in [0, 0.1) is 12.5 Å². The monoisotopic (exact) mass is 224 g/mol. The van der Waals surface area contributed by atoms with Gasteiger partial charge in [-0.15, -0.1) is 0 Å². The van der Waals surface area contributed by atoms with Gasteiger partial charge in [-0.25, -0.2) is 11.4 Å². The van der Waals surface area contributed by atoms with Gasteiger partial charge >= 0.3 is 6.09 Å². The second kappa shape index (κ2) is 5.20. The first kappa shape index (κ1) is 12.8. The van der Waals surface area contributed by atoms with E-state index in [0.717, 1.165) is 19.3 Å². The molecule has 0 aliphatic heterocycles. The number of hydrogen-bond donors (Lipinski definition) is 1. The molecule has 1 aliphatic rings. The minimum absolute atomic E-state index is 0.0786. The van der Waals surface area contributed by atoms with Crippen LogP contribution in [-0.4, -0.2) is 24.3 Å². The zero-order chi connectivity index (χ0) is 12.2. The fourth-order valence-corrected chi connectivity index (χ4v) is 1.95. The number of rotatable bonds is 2. The Hall–Kier alpha value is -1.24. The second-order valence-corrected chi connectivity index (χ2v) is 5.27. The molecule has 0 aromatic heterocycles. The van der Waals surface area contributed by atoms with Gasteiger partial charge in [0.15, 0.2) is 0 Å². The number of nitrogens with one attached hydrogen (secondary N) is 1. The molecule has 0 aromatic carbocycles. The Bertz CT molecular complexity index is 288. The molecular weight excluding hydrogens is 204 g/mol. The van der Waals surface area contributed by atoms with Crippen molar-refractivity contribution in [3.8, 4) is 0 Å². The third-order valence-electron chi connectivity index (χ3n) is 2.69. The molecule has 16 heavy (non-hydrogen) atoms. The summed E-state index contributed by atoms with van der Waals surface area (Å²) in [5.41, 5.74) is -0.459. The average molecular weight is 224 g/mol. The summed E-state index contributed by atoms with van der Waals surface area (Å²) in [5.74, 6) is 0.296. The smallest absolute Gasteiger partial charge is 0.407 e. The van der Waals surface area contributed by atoms with Gasteiger partial charge in [-0.2, -0.15) is 0 Å². The van der Waals surface area contributed by atoms with Crippen LogP contribution >= 0.6 is 0 Å². The van der Waals surface area contributed by atoms with Gasteiger partial charge in [-0.1, -0.05) is 0 Å². The molecule has 4 heteroatoms. The summed E-state index contributed by atoms with van der Waals surface area (Å²) < 4.78 is 5.14. The summed E-state index contributed by atoms with van der Waals surface area (Å²) in [5, 5.41) is 2.74. The maximum Gasteiger partial charge on any atom is 0.407 e. The number of ether oxygens (including phenoxy) is 1. The van der Waals surface area contributed by atoms with E-state index >= 15 is 0 Å². The standard InChI is InChI=1S/C12H20N2O2/c1-12(2,3)16-11(15)14-8-9-6-5-7-10(9)13-4/h9-10H,5-8H2,1-3H3,(H,14,15). The fraction of sp³-hybridized carbons (Fsp3) is 0.833. The van der Waals surface area contributed by atoms with Gasteiger partial charge in [0, 0.05) is 13.0 Å². The summed E-state index contributed by atoms with van der Waals surface area (Å²) in [6.07, 6.45) is 2.70. The SMILES string of the molecule is [C-]#[N+]C1CCCC1CNC(=O)OC(C)(C)C. The van der Waals surface area contributed by atoms with Gasteiger partial charge in [0.2, 0.25) is 6.04 Å². The Morgan fingerprint density at radius 1 is 1.50 bits per heavy atom. The summed E-state index contributed by atoms with van der Waals surface area (Å²) in [7, 11) is 0. The van der Waals surface area contributed by atoms with Crippen molar-refractivity contribution < 1.29 is 9.53 Å². The molecule has 90 valence electrons. The van der Waals surface area contributed by atoms with Crippen molar-refractivity contribution in [2.24, 2.45) is 5.92 Å². The number of carbonyl (C=O) groups is 1. The molecule has 1 rings (SSSR count). The molecule has 2 unspecified atom stereocenters. The summed E-state index contributed by atoms with van der Waals surface area (Å²) in [4.78, 5) is 15.0. The van der Waals surface area contributed by atoms with E-state index in [9.17, 15) is 4.79 Å². The molecular formula is C12H20N2O2. The summed E-state index contributed by atoms with van der Waals surface area (Å²) in [6.45, 7) is 13.1. The van der Waals surface area contributed by atoms with E-state index in [2.05, 4.69) is 10.2 Å². The Kier molecular flexibility index (Phi) is 4.17. The first-order valence-electron chi connectivity index (χ1n) is 5.76. The lowest BCUT2D eigenvalue weighted by molar-refractivity contribution is 0.0519. The lowest BCUT2D eigenvalue weighted by Crippen LogP contribution is -2.36. The van der Waals surface area contributed by atoms with Crippen molar-refractivity contribution in [3.63, 3.8) is 0 Å². The molecule has 1 fully saturated rings. The minimum atomic E-state index is -0.459. The fourth-order valence-electron chi connectivity index (χ4n) is 1.95. The highest BCUT2D eigenvalue weighted by Gasteiger charge is 2.32. The van der Waals surface area contributed by atoms with Crippen molar-refractivity contribution in [1.29, 1.82) is 0 Å². The van der Waals surface area contributed by atoms with E-state index in [1.165, 1.54) is 0 Å². The van der Waals surface area contributed by atoms with Crippen molar-refractivity contribution in [2.75, 3.05) is 6.54 Å². The predicted octanol–water partition coefficient (Wildman–Crippen LogP) is 2.60. The lowest BCUT2D eigenvalue weighted by Gasteiger charge is -2.20. The number of amides is 1. The molecule has 0 aromatic rings. The van der Waals surface area contributed by atoms with Gasteiger partial charge in [-0.3, -0.25) is 0 Å². The third kappa shape index (κ3) is 4.09. The zero-order valence-electron chi connectivity index (χ0n) is 10.2. The summed E-state index contributed by atoms with van der Waals surface area (Å²) >= 11 is 0. The van der Waals surface area contributed by atoms with Crippen LogP contribution in [0.5, 0.6) is 0 Å². The van der Waals surface area contributed by atoms with Crippen molar-refractivity contribution in [2.45, 2.75) is 51.7 Å². The van der Waals surface area contributed by atoms with Gasteiger partial charge in [0.25, 0.3) is 0 Å². The van der Waals surface area contributed by atoms with Crippen LogP contribution < -0.4 is 5.32 Å². The van der Waals surface area contributed by atoms with E-state index in [0.29, 0.717) is 12.5 Å². The third-order valence-corrected chi connectivity index (χ3v) is 2.69. The first-order valence-corrected chi connectivity index (χ1v) is 5.76. The molecule has 4 nitrogen and oxygen atoms in total. The van der Waals surface area contributed by atoms with E-state index in [-0.39, 0.29) is 12.1 Å². The van der Waals surface area contributed by atoms with Crippen LogP contribution in [0.3, 0.4) is 0 Å². The highest BCUT2D eigenvalue weighted by Crippen LogP contribution is 2.27. The largest absolute Gasteiger partial charge is 0.444 e. The molecule has 0 radical (unpaired) electrons. The van der Waals surface area contributed by atoms with Crippen LogP contribution in [0.4, 0.5) is 4.79 Å². The molecule has 0 spiro atoms. The molecule has 1 N–H and O–H groups in total. The quantitative estimate of drug-likeness (QED) is 0.733. The van der Waals surface area contributed by atoms with Crippen molar-refractivity contribution in [3.05, 3.63) is 11.4 Å².